The lowest BCUT2D eigenvalue weighted by Crippen LogP contribution is -2.42. The number of nitrogens with one attached hydrogen (secondary N) is 1. The van der Waals surface area contributed by atoms with Gasteiger partial charge in [-0.15, -0.1) is 0 Å². The number of carbonyl (C=O) groups is 1. The maximum Gasteiger partial charge on any atom is 0.325 e. The lowest BCUT2D eigenvalue weighted by atomic mass is 10.3. The third-order valence-corrected chi connectivity index (χ3v) is 2.74. The van der Waals surface area contributed by atoms with Gasteiger partial charge in [0.25, 0.3) is 0 Å². The van der Waals surface area contributed by atoms with E-state index in [2.05, 4.69) is 39.9 Å². The second-order valence-corrected chi connectivity index (χ2v) is 4.88. The minimum atomic E-state index is -0.328. The van der Waals surface area contributed by atoms with Crippen molar-refractivity contribution in [1.29, 1.82) is 0 Å². The van der Waals surface area contributed by atoms with Gasteiger partial charge in [0, 0.05) is 6.20 Å². The predicted octanol–water partition coefficient (Wildman–Crippen LogP) is 1.42. The summed E-state index contributed by atoms with van der Waals surface area (Å²) in [4.78, 5) is 11.7. The molecule has 1 aromatic rings. The largest absolute Gasteiger partial charge is 0.465 e. The molecule has 17 heavy (non-hydrogen) atoms. The Hall–Kier alpha value is -0.630. The Morgan fingerprint density at radius 2 is 2.41 bits per heavy atom. The summed E-state index contributed by atoms with van der Waals surface area (Å²) >= 11 is 2.19. The summed E-state index contributed by atoms with van der Waals surface area (Å²) in [6, 6.07) is -0.328. The molecule has 1 rings (SSSR count). The SMILES string of the molecule is CCCNC(Cn1cc(I)cn1)C(=O)OCC. The first-order valence-corrected chi connectivity index (χ1v) is 6.83. The molecule has 0 aliphatic heterocycles. The zero-order chi connectivity index (χ0) is 12.7. The molecule has 0 fully saturated rings. The summed E-state index contributed by atoms with van der Waals surface area (Å²) in [5.41, 5.74) is 0. The van der Waals surface area contributed by atoms with Crippen molar-refractivity contribution in [2.45, 2.75) is 32.9 Å². The van der Waals surface area contributed by atoms with Gasteiger partial charge in [-0.05, 0) is 42.5 Å². The summed E-state index contributed by atoms with van der Waals surface area (Å²) in [5, 5.41) is 7.34. The second kappa shape index (κ2) is 7.65. The molecule has 0 aliphatic rings. The Labute approximate surface area is 115 Å². The van der Waals surface area contributed by atoms with Crippen LogP contribution >= 0.6 is 22.6 Å². The third kappa shape index (κ3) is 5.03. The van der Waals surface area contributed by atoms with E-state index in [1.54, 1.807) is 10.9 Å². The van der Waals surface area contributed by atoms with Crippen molar-refractivity contribution in [3.05, 3.63) is 16.0 Å². The van der Waals surface area contributed by atoms with Gasteiger partial charge in [0.1, 0.15) is 6.04 Å². The van der Waals surface area contributed by atoms with Crippen LogP contribution in [0.3, 0.4) is 0 Å². The molecule has 0 saturated heterocycles. The van der Waals surface area contributed by atoms with Gasteiger partial charge in [0.2, 0.25) is 0 Å². The fourth-order valence-corrected chi connectivity index (χ4v) is 1.86. The van der Waals surface area contributed by atoms with Crippen LogP contribution < -0.4 is 5.32 Å². The molecule has 0 aromatic carbocycles. The van der Waals surface area contributed by atoms with Crippen molar-refractivity contribution in [1.82, 2.24) is 15.1 Å². The Kier molecular flexibility index (Phi) is 6.49. The molecule has 0 radical (unpaired) electrons. The fourth-order valence-electron chi connectivity index (χ4n) is 1.41. The van der Waals surface area contributed by atoms with E-state index in [0.29, 0.717) is 13.2 Å². The number of esters is 1. The summed E-state index contributed by atoms with van der Waals surface area (Å²) in [6.45, 7) is 5.57. The molecule has 0 amide bonds. The highest BCUT2D eigenvalue weighted by atomic mass is 127. The maximum absolute atomic E-state index is 11.7. The van der Waals surface area contributed by atoms with Crippen molar-refractivity contribution < 1.29 is 9.53 Å². The lowest BCUT2D eigenvalue weighted by Gasteiger charge is -2.16. The van der Waals surface area contributed by atoms with Crippen LogP contribution in [-0.2, 0) is 16.1 Å². The van der Waals surface area contributed by atoms with E-state index >= 15 is 0 Å². The van der Waals surface area contributed by atoms with E-state index in [1.165, 1.54) is 0 Å². The van der Waals surface area contributed by atoms with E-state index in [1.807, 2.05) is 13.1 Å². The van der Waals surface area contributed by atoms with Gasteiger partial charge in [0.05, 0.1) is 22.9 Å². The number of aromatic nitrogens is 2. The third-order valence-electron chi connectivity index (χ3n) is 2.18. The zero-order valence-electron chi connectivity index (χ0n) is 10.1. The van der Waals surface area contributed by atoms with Crippen LogP contribution in [0.1, 0.15) is 20.3 Å². The summed E-state index contributed by atoms with van der Waals surface area (Å²) in [6.07, 6.45) is 4.65. The molecule has 0 spiro atoms. The van der Waals surface area contributed by atoms with E-state index in [0.717, 1.165) is 16.5 Å². The van der Waals surface area contributed by atoms with Crippen LogP contribution in [0.5, 0.6) is 0 Å². The van der Waals surface area contributed by atoms with Crippen molar-refractivity contribution >= 4 is 28.6 Å². The van der Waals surface area contributed by atoms with Gasteiger partial charge in [-0.25, -0.2) is 0 Å². The van der Waals surface area contributed by atoms with Crippen LogP contribution in [0.25, 0.3) is 0 Å². The van der Waals surface area contributed by atoms with Crippen LogP contribution in [0.15, 0.2) is 12.4 Å². The van der Waals surface area contributed by atoms with Gasteiger partial charge >= 0.3 is 5.97 Å². The van der Waals surface area contributed by atoms with Gasteiger partial charge < -0.3 is 10.1 Å². The lowest BCUT2D eigenvalue weighted by molar-refractivity contribution is -0.146. The summed E-state index contributed by atoms with van der Waals surface area (Å²) in [7, 11) is 0. The highest BCUT2D eigenvalue weighted by Gasteiger charge is 2.19. The second-order valence-electron chi connectivity index (χ2n) is 3.64. The van der Waals surface area contributed by atoms with Crippen molar-refractivity contribution in [2.24, 2.45) is 0 Å². The van der Waals surface area contributed by atoms with E-state index in [-0.39, 0.29) is 12.0 Å². The smallest absolute Gasteiger partial charge is 0.325 e. The minimum Gasteiger partial charge on any atom is -0.465 e. The number of nitrogens with zero attached hydrogens (tertiary/aromatic N) is 2. The Morgan fingerprint density at radius 1 is 1.65 bits per heavy atom. The average Bonchev–Trinajstić information content (AvgIpc) is 2.70. The molecule has 5 nitrogen and oxygen atoms in total. The van der Waals surface area contributed by atoms with Crippen molar-refractivity contribution in [3.63, 3.8) is 0 Å². The van der Waals surface area contributed by atoms with E-state index < -0.39 is 0 Å². The number of hydrogen-bond acceptors (Lipinski definition) is 4. The number of halogens is 1. The van der Waals surface area contributed by atoms with Gasteiger partial charge in [-0.1, -0.05) is 6.92 Å². The molecule has 1 atom stereocenters. The highest BCUT2D eigenvalue weighted by molar-refractivity contribution is 14.1. The first-order chi connectivity index (χ1) is 8.17. The average molecular weight is 351 g/mol. The first kappa shape index (κ1) is 14.4. The molecule has 0 saturated carbocycles. The highest BCUT2D eigenvalue weighted by Crippen LogP contribution is 2.03. The van der Waals surface area contributed by atoms with Crippen LogP contribution in [0.4, 0.5) is 0 Å². The van der Waals surface area contributed by atoms with Crippen molar-refractivity contribution in [3.8, 4) is 0 Å². The maximum atomic E-state index is 11.7. The van der Waals surface area contributed by atoms with E-state index in [4.69, 9.17) is 4.74 Å². The van der Waals surface area contributed by atoms with Gasteiger partial charge in [0.15, 0.2) is 0 Å². The monoisotopic (exact) mass is 351 g/mol. The Balaban J connectivity index is 2.59. The number of hydrogen-bond donors (Lipinski definition) is 1. The molecule has 6 heteroatoms. The van der Waals surface area contributed by atoms with E-state index in [9.17, 15) is 4.79 Å². The number of carbonyl (C=O) groups excluding carboxylic acids is 1. The number of ether oxygens (including phenoxy) is 1. The molecule has 96 valence electrons. The standard InChI is InChI=1S/C11H18IN3O2/c1-3-5-13-10(11(16)17-4-2)8-15-7-9(12)6-14-15/h6-7,10,13H,3-5,8H2,1-2H3. The quantitative estimate of drug-likeness (QED) is 0.596. The molecule has 0 bridgehead atoms. The van der Waals surface area contributed by atoms with Crippen LogP contribution in [-0.4, -0.2) is 34.9 Å². The molecule has 1 heterocycles. The Morgan fingerprint density at radius 3 is 2.94 bits per heavy atom. The first-order valence-electron chi connectivity index (χ1n) is 5.75. The molecular weight excluding hydrogens is 333 g/mol. The molecular formula is C11H18IN3O2. The molecule has 0 aliphatic carbocycles. The van der Waals surface area contributed by atoms with Gasteiger partial charge in [-0.2, -0.15) is 5.10 Å². The molecule has 1 N–H and O–H groups in total. The molecule has 1 unspecified atom stereocenters. The summed E-state index contributed by atoms with van der Waals surface area (Å²) < 4.78 is 7.85. The van der Waals surface area contributed by atoms with Crippen LogP contribution in [0, 0.1) is 3.57 Å². The molecule has 1 aromatic heterocycles. The normalized spacial score (nSPS) is 12.4. The minimum absolute atomic E-state index is 0.216. The fraction of sp³-hybridized carbons (Fsp3) is 0.636. The predicted molar refractivity (Wildman–Crippen MR) is 73.7 cm³/mol. The van der Waals surface area contributed by atoms with Crippen molar-refractivity contribution in [2.75, 3.05) is 13.2 Å². The topological polar surface area (TPSA) is 56.2 Å². The summed E-state index contributed by atoms with van der Waals surface area (Å²) in [5.74, 6) is -0.216. The Bertz CT molecular complexity index is 354. The number of rotatable bonds is 7. The zero-order valence-corrected chi connectivity index (χ0v) is 12.3. The van der Waals surface area contributed by atoms with Gasteiger partial charge in [-0.3, -0.25) is 9.48 Å². The van der Waals surface area contributed by atoms with Crippen LogP contribution in [0.2, 0.25) is 0 Å².